The summed E-state index contributed by atoms with van der Waals surface area (Å²) in [6.07, 6.45) is 3.08. The van der Waals surface area contributed by atoms with Crippen molar-refractivity contribution in [3.8, 4) is 0 Å². The van der Waals surface area contributed by atoms with Crippen molar-refractivity contribution in [3.63, 3.8) is 0 Å². The standard InChI is InChI=1S/C13H16N4O3/c14-9-4-7(13(19)20)5-15-11(9)17-3-1-2-8-10(17)6-16-12(8)18/h4-5,8,10H,1-3,6,14H2,(H,16,18)(H,19,20). The first kappa shape index (κ1) is 12.7. The summed E-state index contributed by atoms with van der Waals surface area (Å²) < 4.78 is 0. The fourth-order valence-electron chi connectivity index (χ4n) is 3.05. The number of carbonyl (C=O) groups excluding carboxylic acids is 1. The molecule has 0 aromatic carbocycles. The van der Waals surface area contributed by atoms with E-state index in [4.69, 9.17) is 10.8 Å². The molecule has 0 bridgehead atoms. The van der Waals surface area contributed by atoms with E-state index in [-0.39, 0.29) is 23.4 Å². The maximum Gasteiger partial charge on any atom is 0.337 e. The fraction of sp³-hybridized carbons (Fsp3) is 0.462. The van der Waals surface area contributed by atoms with Crippen LogP contribution < -0.4 is 16.0 Å². The zero-order valence-corrected chi connectivity index (χ0v) is 10.9. The predicted molar refractivity (Wildman–Crippen MR) is 72.5 cm³/mol. The Morgan fingerprint density at radius 2 is 2.35 bits per heavy atom. The van der Waals surface area contributed by atoms with Crippen LogP contribution in [0.15, 0.2) is 12.3 Å². The Labute approximate surface area is 115 Å². The van der Waals surface area contributed by atoms with E-state index in [0.29, 0.717) is 18.1 Å². The molecule has 4 N–H and O–H groups in total. The summed E-state index contributed by atoms with van der Waals surface area (Å²) in [5, 5.41) is 11.8. The average molecular weight is 276 g/mol. The lowest BCUT2D eigenvalue weighted by Crippen LogP contribution is -2.46. The molecule has 2 saturated heterocycles. The smallest absolute Gasteiger partial charge is 0.337 e. The lowest BCUT2D eigenvalue weighted by atomic mass is 9.91. The molecule has 106 valence electrons. The number of nitrogens with one attached hydrogen (secondary N) is 1. The van der Waals surface area contributed by atoms with Crippen LogP contribution in [-0.2, 0) is 4.79 Å². The molecule has 2 aliphatic heterocycles. The molecule has 3 heterocycles. The quantitative estimate of drug-likeness (QED) is 0.705. The molecule has 0 aliphatic carbocycles. The van der Waals surface area contributed by atoms with E-state index in [1.807, 2.05) is 4.90 Å². The highest BCUT2D eigenvalue weighted by molar-refractivity contribution is 5.89. The maximum atomic E-state index is 11.7. The maximum absolute atomic E-state index is 11.7. The molecule has 0 radical (unpaired) electrons. The molecule has 2 atom stereocenters. The predicted octanol–water partition coefficient (Wildman–Crippen LogP) is 0.0768. The first-order chi connectivity index (χ1) is 9.58. The molecule has 20 heavy (non-hydrogen) atoms. The summed E-state index contributed by atoms with van der Waals surface area (Å²) in [7, 11) is 0. The van der Waals surface area contributed by atoms with Crippen molar-refractivity contribution in [1.29, 1.82) is 0 Å². The van der Waals surface area contributed by atoms with Gasteiger partial charge in [0.25, 0.3) is 0 Å². The summed E-state index contributed by atoms with van der Waals surface area (Å²) in [6, 6.07) is 1.47. The topological polar surface area (TPSA) is 109 Å². The lowest BCUT2D eigenvalue weighted by molar-refractivity contribution is -0.123. The van der Waals surface area contributed by atoms with Crippen LogP contribution in [0.2, 0.25) is 0 Å². The van der Waals surface area contributed by atoms with Crippen LogP contribution >= 0.6 is 0 Å². The van der Waals surface area contributed by atoms with Gasteiger partial charge < -0.3 is 21.1 Å². The highest BCUT2D eigenvalue weighted by Gasteiger charge is 2.41. The van der Waals surface area contributed by atoms with E-state index in [9.17, 15) is 9.59 Å². The molecule has 0 saturated carbocycles. The number of fused-ring (bicyclic) bond motifs is 1. The molecule has 1 amide bonds. The fourth-order valence-corrected chi connectivity index (χ4v) is 3.05. The third-order valence-electron chi connectivity index (χ3n) is 4.02. The third-order valence-corrected chi connectivity index (χ3v) is 4.02. The molecule has 2 fully saturated rings. The highest BCUT2D eigenvalue weighted by atomic mass is 16.4. The number of hydrogen-bond donors (Lipinski definition) is 3. The highest BCUT2D eigenvalue weighted by Crippen LogP contribution is 2.33. The Morgan fingerprint density at radius 3 is 3.05 bits per heavy atom. The van der Waals surface area contributed by atoms with Crippen LogP contribution in [0.4, 0.5) is 11.5 Å². The van der Waals surface area contributed by atoms with Crippen molar-refractivity contribution >= 4 is 23.4 Å². The van der Waals surface area contributed by atoms with Gasteiger partial charge in [-0.25, -0.2) is 9.78 Å². The Bertz CT molecular complexity index is 575. The molecular weight excluding hydrogens is 260 g/mol. The lowest BCUT2D eigenvalue weighted by Gasteiger charge is -2.37. The molecule has 1 aromatic heterocycles. The van der Waals surface area contributed by atoms with Gasteiger partial charge in [-0.15, -0.1) is 0 Å². The second-order valence-electron chi connectivity index (χ2n) is 5.20. The second kappa shape index (κ2) is 4.66. The van der Waals surface area contributed by atoms with Crippen LogP contribution in [0.1, 0.15) is 23.2 Å². The Kier molecular flexibility index (Phi) is 2.96. The van der Waals surface area contributed by atoms with Gasteiger partial charge in [-0.1, -0.05) is 0 Å². The number of aromatic carboxylic acids is 1. The minimum Gasteiger partial charge on any atom is -0.478 e. The van der Waals surface area contributed by atoms with Crippen molar-refractivity contribution < 1.29 is 14.7 Å². The van der Waals surface area contributed by atoms with Crippen molar-refractivity contribution in [3.05, 3.63) is 17.8 Å². The summed E-state index contributed by atoms with van der Waals surface area (Å²) >= 11 is 0. The first-order valence-corrected chi connectivity index (χ1v) is 6.61. The van der Waals surface area contributed by atoms with Gasteiger partial charge in [-0.3, -0.25) is 4.79 Å². The van der Waals surface area contributed by atoms with Crippen molar-refractivity contribution in [2.24, 2.45) is 5.92 Å². The van der Waals surface area contributed by atoms with Crippen LogP contribution in [0, 0.1) is 5.92 Å². The van der Waals surface area contributed by atoms with E-state index in [1.54, 1.807) is 0 Å². The molecule has 7 heteroatoms. The number of anilines is 2. The van der Waals surface area contributed by atoms with E-state index >= 15 is 0 Å². The zero-order valence-electron chi connectivity index (χ0n) is 10.9. The van der Waals surface area contributed by atoms with Crippen molar-refractivity contribution in [2.45, 2.75) is 18.9 Å². The van der Waals surface area contributed by atoms with Gasteiger partial charge >= 0.3 is 5.97 Å². The number of carbonyl (C=O) groups is 2. The first-order valence-electron chi connectivity index (χ1n) is 6.61. The minimum absolute atomic E-state index is 0.0240. The van der Waals surface area contributed by atoms with Crippen LogP contribution in [0.5, 0.6) is 0 Å². The largest absolute Gasteiger partial charge is 0.478 e. The summed E-state index contributed by atoms with van der Waals surface area (Å²) in [4.78, 5) is 28.9. The molecule has 3 rings (SSSR count). The summed E-state index contributed by atoms with van der Waals surface area (Å²) in [5.74, 6) is -0.421. The number of carboxylic acid groups (broad SMARTS) is 1. The monoisotopic (exact) mass is 276 g/mol. The van der Waals surface area contributed by atoms with E-state index in [0.717, 1.165) is 19.4 Å². The summed E-state index contributed by atoms with van der Waals surface area (Å²) in [6.45, 7) is 1.37. The van der Waals surface area contributed by atoms with E-state index in [1.165, 1.54) is 12.3 Å². The minimum atomic E-state index is -1.05. The van der Waals surface area contributed by atoms with Gasteiger partial charge in [0.05, 0.1) is 23.2 Å². The number of carboxylic acids is 1. The number of aromatic nitrogens is 1. The molecule has 1 aromatic rings. The number of piperidine rings is 1. The summed E-state index contributed by atoms with van der Waals surface area (Å²) in [5.41, 5.74) is 6.34. The number of hydrogen-bond acceptors (Lipinski definition) is 5. The van der Waals surface area contributed by atoms with E-state index < -0.39 is 5.97 Å². The van der Waals surface area contributed by atoms with Gasteiger partial charge in [0.15, 0.2) is 5.82 Å². The normalized spacial score (nSPS) is 25.2. The average Bonchev–Trinajstić information content (AvgIpc) is 2.81. The van der Waals surface area contributed by atoms with Crippen LogP contribution in [0.3, 0.4) is 0 Å². The number of amides is 1. The molecule has 7 nitrogen and oxygen atoms in total. The Morgan fingerprint density at radius 1 is 1.55 bits per heavy atom. The van der Waals surface area contributed by atoms with E-state index in [2.05, 4.69) is 10.3 Å². The van der Waals surface area contributed by atoms with Gasteiger partial charge in [-0.2, -0.15) is 0 Å². The number of nitrogens with zero attached hydrogens (tertiary/aromatic N) is 2. The van der Waals surface area contributed by atoms with Crippen LogP contribution in [-0.4, -0.2) is 41.1 Å². The second-order valence-corrected chi connectivity index (χ2v) is 5.20. The Hall–Kier alpha value is -2.31. The zero-order chi connectivity index (χ0) is 14.3. The van der Waals surface area contributed by atoms with Gasteiger partial charge in [0.1, 0.15) is 0 Å². The molecule has 2 aliphatic rings. The SMILES string of the molecule is Nc1cc(C(=O)O)cnc1N1CCCC2C(=O)NCC21. The molecular formula is C13H16N4O3. The van der Waals surface area contributed by atoms with Crippen LogP contribution in [0.25, 0.3) is 0 Å². The number of pyridine rings is 1. The molecule has 0 spiro atoms. The van der Waals surface area contributed by atoms with Crippen molar-refractivity contribution in [1.82, 2.24) is 10.3 Å². The third kappa shape index (κ3) is 1.95. The van der Waals surface area contributed by atoms with Crippen molar-refractivity contribution in [2.75, 3.05) is 23.7 Å². The Balaban J connectivity index is 1.92. The van der Waals surface area contributed by atoms with Gasteiger partial charge in [0, 0.05) is 19.3 Å². The van der Waals surface area contributed by atoms with Gasteiger partial charge in [-0.05, 0) is 18.9 Å². The van der Waals surface area contributed by atoms with Gasteiger partial charge in [0.2, 0.25) is 5.91 Å². The number of nitrogen functional groups attached to an aromatic ring is 1. The number of nitrogens with two attached hydrogens (primary N) is 1. The number of rotatable bonds is 2. The molecule has 2 unspecified atom stereocenters.